The van der Waals surface area contributed by atoms with Gasteiger partial charge in [-0.3, -0.25) is 10.1 Å². The van der Waals surface area contributed by atoms with Crippen LogP contribution in [0.25, 0.3) is 20.8 Å². The van der Waals surface area contributed by atoms with Crippen molar-refractivity contribution in [3.8, 4) is 16.3 Å². The maximum Gasteiger partial charge on any atom is 0.257 e. The number of thiazole rings is 1. The number of amides is 1. The van der Waals surface area contributed by atoms with E-state index in [1.807, 2.05) is 31.2 Å². The number of hydrogen-bond donors (Lipinski definition) is 2. The third kappa shape index (κ3) is 5.02. The second-order valence-electron chi connectivity index (χ2n) is 6.66. The average molecular weight is 502 g/mol. The lowest BCUT2D eigenvalue weighted by molar-refractivity contribution is 0.0977. The molecule has 0 fully saturated rings. The van der Waals surface area contributed by atoms with Gasteiger partial charge in [0.25, 0.3) is 5.91 Å². The van der Waals surface area contributed by atoms with E-state index in [4.69, 9.17) is 40.2 Å². The highest BCUT2D eigenvalue weighted by Gasteiger charge is 2.17. The normalized spacial score (nSPS) is 10.7. The fourth-order valence-electron chi connectivity index (χ4n) is 3.05. The van der Waals surface area contributed by atoms with Crippen LogP contribution in [0.1, 0.15) is 17.3 Å². The number of anilines is 1. The summed E-state index contributed by atoms with van der Waals surface area (Å²) in [6.07, 6.45) is 0. The molecule has 5 nitrogen and oxygen atoms in total. The van der Waals surface area contributed by atoms with Gasteiger partial charge in [0.1, 0.15) is 10.8 Å². The molecule has 32 heavy (non-hydrogen) atoms. The van der Waals surface area contributed by atoms with Crippen molar-refractivity contribution in [2.75, 3.05) is 11.9 Å². The molecule has 2 N–H and O–H groups in total. The summed E-state index contributed by atoms with van der Waals surface area (Å²) in [5, 5.41) is 7.39. The first-order valence-corrected chi connectivity index (χ1v) is 11.6. The lowest BCUT2D eigenvalue weighted by Crippen LogP contribution is -2.34. The smallest absolute Gasteiger partial charge is 0.257 e. The summed E-state index contributed by atoms with van der Waals surface area (Å²) in [4.78, 5) is 17.3. The molecular weight excluding hydrogens is 485 g/mol. The molecule has 3 aromatic carbocycles. The molecule has 0 aliphatic carbocycles. The van der Waals surface area contributed by atoms with Crippen molar-refractivity contribution in [3.63, 3.8) is 0 Å². The number of thiocarbonyl (C=S) groups is 1. The Morgan fingerprint density at radius 1 is 1.12 bits per heavy atom. The van der Waals surface area contributed by atoms with Crippen LogP contribution in [0.3, 0.4) is 0 Å². The third-order valence-electron chi connectivity index (χ3n) is 4.47. The minimum Gasteiger partial charge on any atom is -0.494 e. The lowest BCUT2D eigenvalue weighted by Gasteiger charge is -2.15. The number of nitrogens with zero attached hydrogens (tertiary/aromatic N) is 1. The molecule has 0 aliphatic rings. The first-order valence-electron chi connectivity index (χ1n) is 9.64. The van der Waals surface area contributed by atoms with Crippen LogP contribution in [0.5, 0.6) is 5.75 Å². The van der Waals surface area contributed by atoms with Gasteiger partial charge in [0.15, 0.2) is 5.11 Å². The van der Waals surface area contributed by atoms with Crippen LogP contribution in [0.2, 0.25) is 10.0 Å². The topological polar surface area (TPSA) is 63.2 Å². The molecule has 0 bridgehead atoms. The van der Waals surface area contributed by atoms with Crippen LogP contribution in [0, 0.1) is 0 Å². The molecule has 0 saturated heterocycles. The SMILES string of the molecule is CCOc1ccc(C(=O)NC(=S)Nc2c(Cl)cc(Cl)cc2-c2nc3ccccc3s2)cc1. The predicted octanol–water partition coefficient (Wildman–Crippen LogP) is 6.80. The number of carbonyl (C=O) groups excluding carboxylic acids is 1. The maximum atomic E-state index is 12.6. The standard InChI is InChI=1S/C23H17Cl2N3O2S2/c1-2-30-15-9-7-13(8-10-15)21(29)28-23(31)27-20-16(11-14(24)12-17(20)25)22-26-18-5-3-4-6-19(18)32-22/h3-12H,2H2,1H3,(H2,27,28,29,31). The summed E-state index contributed by atoms with van der Waals surface area (Å²) >= 11 is 19.6. The molecular formula is C23H17Cl2N3O2S2. The number of para-hydroxylation sites is 1. The Morgan fingerprint density at radius 3 is 2.59 bits per heavy atom. The first kappa shape index (κ1) is 22.5. The Hall–Kier alpha value is -2.71. The van der Waals surface area contributed by atoms with E-state index in [0.29, 0.717) is 39.2 Å². The van der Waals surface area contributed by atoms with E-state index < -0.39 is 0 Å². The lowest BCUT2D eigenvalue weighted by atomic mass is 10.2. The fourth-order valence-corrected chi connectivity index (χ4v) is 4.77. The molecule has 1 aromatic heterocycles. The summed E-state index contributed by atoms with van der Waals surface area (Å²) in [7, 11) is 0. The number of carbonyl (C=O) groups is 1. The van der Waals surface area contributed by atoms with Crippen molar-refractivity contribution in [1.82, 2.24) is 10.3 Å². The molecule has 0 aliphatic heterocycles. The maximum absolute atomic E-state index is 12.6. The molecule has 1 amide bonds. The van der Waals surface area contributed by atoms with Crippen LogP contribution in [0.15, 0.2) is 60.7 Å². The van der Waals surface area contributed by atoms with Crippen molar-refractivity contribution < 1.29 is 9.53 Å². The zero-order valence-electron chi connectivity index (χ0n) is 16.8. The fraction of sp³-hybridized carbons (Fsp3) is 0.0870. The summed E-state index contributed by atoms with van der Waals surface area (Å²) < 4.78 is 6.44. The van der Waals surface area contributed by atoms with Crippen molar-refractivity contribution >= 4 is 73.7 Å². The van der Waals surface area contributed by atoms with E-state index in [0.717, 1.165) is 15.2 Å². The quantitative estimate of drug-likeness (QED) is 0.294. The number of fused-ring (bicyclic) bond motifs is 1. The number of benzene rings is 3. The Balaban J connectivity index is 1.57. The minimum atomic E-state index is -0.350. The van der Waals surface area contributed by atoms with Gasteiger partial charge in [-0.2, -0.15) is 0 Å². The van der Waals surface area contributed by atoms with E-state index in [2.05, 4.69) is 15.6 Å². The van der Waals surface area contributed by atoms with Gasteiger partial charge in [0, 0.05) is 16.1 Å². The van der Waals surface area contributed by atoms with Crippen molar-refractivity contribution in [2.24, 2.45) is 0 Å². The van der Waals surface area contributed by atoms with Gasteiger partial charge in [-0.05, 0) is 67.7 Å². The van der Waals surface area contributed by atoms with Crippen LogP contribution >= 0.6 is 46.8 Å². The van der Waals surface area contributed by atoms with Crippen molar-refractivity contribution in [2.45, 2.75) is 6.92 Å². The van der Waals surface area contributed by atoms with E-state index in [9.17, 15) is 4.79 Å². The Bertz CT molecular complexity index is 1270. The van der Waals surface area contributed by atoms with E-state index in [-0.39, 0.29) is 11.0 Å². The van der Waals surface area contributed by atoms with Gasteiger partial charge in [-0.15, -0.1) is 11.3 Å². The summed E-state index contributed by atoms with van der Waals surface area (Å²) in [5.74, 6) is 0.343. The van der Waals surface area contributed by atoms with E-state index in [1.165, 1.54) is 11.3 Å². The molecule has 9 heteroatoms. The zero-order valence-corrected chi connectivity index (χ0v) is 20.0. The molecule has 0 atom stereocenters. The highest BCUT2D eigenvalue weighted by molar-refractivity contribution is 7.80. The number of halogens is 2. The first-order chi connectivity index (χ1) is 15.4. The summed E-state index contributed by atoms with van der Waals surface area (Å²) in [6.45, 7) is 2.45. The molecule has 0 spiro atoms. The predicted molar refractivity (Wildman–Crippen MR) is 136 cm³/mol. The van der Waals surface area contributed by atoms with Gasteiger partial charge in [0.2, 0.25) is 0 Å². The van der Waals surface area contributed by atoms with Crippen LogP contribution in [-0.4, -0.2) is 22.6 Å². The second-order valence-corrected chi connectivity index (χ2v) is 8.95. The largest absolute Gasteiger partial charge is 0.494 e. The second kappa shape index (κ2) is 9.83. The van der Waals surface area contributed by atoms with Crippen molar-refractivity contribution in [1.29, 1.82) is 0 Å². The van der Waals surface area contributed by atoms with Crippen LogP contribution < -0.4 is 15.4 Å². The highest BCUT2D eigenvalue weighted by atomic mass is 35.5. The molecule has 0 unspecified atom stereocenters. The van der Waals surface area contributed by atoms with E-state index >= 15 is 0 Å². The Labute approximate surface area is 204 Å². The zero-order chi connectivity index (χ0) is 22.7. The van der Waals surface area contributed by atoms with Crippen molar-refractivity contribution in [3.05, 3.63) is 76.3 Å². The van der Waals surface area contributed by atoms with Gasteiger partial charge in [-0.1, -0.05) is 35.3 Å². The molecule has 4 rings (SSSR count). The van der Waals surface area contributed by atoms with Crippen LogP contribution in [0.4, 0.5) is 5.69 Å². The number of aromatic nitrogens is 1. The number of hydrogen-bond acceptors (Lipinski definition) is 5. The van der Waals surface area contributed by atoms with Gasteiger partial charge < -0.3 is 10.1 Å². The third-order valence-corrected chi connectivity index (χ3v) is 6.26. The summed E-state index contributed by atoms with van der Waals surface area (Å²) in [6, 6.07) is 18.0. The highest BCUT2D eigenvalue weighted by Crippen LogP contribution is 2.40. The monoisotopic (exact) mass is 501 g/mol. The van der Waals surface area contributed by atoms with Gasteiger partial charge in [-0.25, -0.2) is 4.98 Å². The van der Waals surface area contributed by atoms with Gasteiger partial charge in [0.05, 0.1) is 27.5 Å². The molecule has 1 heterocycles. The molecule has 4 aromatic rings. The van der Waals surface area contributed by atoms with E-state index in [1.54, 1.807) is 36.4 Å². The van der Waals surface area contributed by atoms with Crippen LogP contribution in [-0.2, 0) is 0 Å². The minimum absolute atomic E-state index is 0.107. The number of ether oxygens (including phenoxy) is 1. The average Bonchev–Trinajstić information content (AvgIpc) is 3.20. The molecule has 0 radical (unpaired) electrons. The Kier molecular flexibility index (Phi) is 6.91. The van der Waals surface area contributed by atoms with Gasteiger partial charge >= 0.3 is 0 Å². The number of rotatable bonds is 5. The number of nitrogens with one attached hydrogen (secondary N) is 2. The molecule has 0 saturated carbocycles. The summed E-state index contributed by atoms with van der Waals surface area (Å²) in [5.41, 5.74) is 2.54. The Morgan fingerprint density at radius 2 is 1.88 bits per heavy atom. The molecule has 162 valence electrons.